The zero-order valence-corrected chi connectivity index (χ0v) is 17.5. The molecule has 0 spiro atoms. The second kappa shape index (κ2) is 6.99. The van der Waals surface area contributed by atoms with Crippen LogP contribution in [-0.2, 0) is 4.79 Å². The quantitative estimate of drug-likeness (QED) is 0.465. The molecule has 4 nitrogen and oxygen atoms in total. The fourth-order valence-corrected chi connectivity index (χ4v) is 4.30. The highest BCUT2D eigenvalue weighted by atomic mass is 127. The standard InChI is InChI=1S/C19H19IN2O2S/c1-11(2)21-18(23)17(25-19(21)24)10-14-9-12(3)22(13(14)4)16-7-5-15(20)6-8-16/h5-11H,1-4H3/b17-10-. The van der Waals surface area contributed by atoms with Crippen LogP contribution in [0.15, 0.2) is 35.2 Å². The van der Waals surface area contributed by atoms with Gasteiger partial charge in [-0.3, -0.25) is 14.5 Å². The molecule has 2 heterocycles. The second-order valence-corrected chi connectivity index (χ2v) is 8.52. The first-order valence-corrected chi connectivity index (χ1v) is 9.91. The van der Waals surface area contributed by atoms with Gasteiger partial charge in [-0.2, -0.15) is 0 Å². The fraction of sp³-hybridized carbons (Fsp3) is 0.263. The lowest BCUT2D eigenvalue weighted by atomic mass is 10.2. The first-order chi connectivity index (χ1) is 11.8. The van der Waals surface area contributed by atoms with Gasteiger partial charge >= 0.3 is 0 Å². The number of carbonyl (C=O) groups excluding carboxylic acids is 2. The molecule has 1 aromatic carbocycles. The maximum Gasteiger partial charge on any atom is 0.293 e. The van der Waals surface area contributed by atoms with Crippen LogP contribution in [0.5, 0.6) is 0 Å². The molecular weight excluding hydrogens is 447 g/mol. The predicted molar refractivity (Wildman–Crippen MR) is 111 cm³/mol. The molecule has 1 fully saturated rings. The SMILES string of the molecule is Cc1cc(/C=C2\SC(=O)N(C(C)C)C2=O)c(C)n1-c1ccc(I)cc1. The molecule has 0 radical (unpaired) electrons. The smallest absolute Gasteiger partial charge is 0.293 e. The molecule has 0 aliphatic carbocycles. The van der Waals surface area contributed by atoms with Crippen molar-refractivity contribution in [2.24, 2.45) is 0 Å². The van der Waals surface area contributed by atoms with Crippen LogP contribution >= 0.6 is 34.4 Å². The van der Waals surface area contributed by atoms with E-state index in [1.165, 1.54) is 8.47 Å². The largest absolute Gasteiger partial charge is 0.318 e. The minimum atomic E-state index is -0.205. The number of halogens is 1. The minimum absolute atomic E-state index is 0.127. The average Bonchev–Trinajstić information content (AvgIpc) is 2.97. The molecule has 25 heavy (non-hydrogen) atoms. The molecule has 1 saturated heterocycles. The number of nitrogens with zero attached hydrogens (tertiary/aromatic N) is 2. The monoisotopic (exact) mass is 466 g/mol. The lowest BCUT2D eigenvalue weighted by Gasteiger charge is -2.16. The van der Waals surface area contributed by atoms with E-state index in [9.17, 15) is 9.59 Å². The lowest BCUT2D eigenvalue weighted by Crippen LogP contribution is -2.34. The lowest BCUT2D eigenvalue weighted by molar-refractivity contribution is -0.123. The number of thioether (sulfide) groups is 1. The Labute approximate surface area is 165 Å². The molecule has 2 amide bonds. The van der Waals surface area contributed by atoms with Crippen molar-refractivity contribution in [3.8, 4) is 5.69 Å². The number of rotatable bonds is 3. The molecule has 1 aliphatic rings. The summed E-state index contributed by atoms with van der Waals surface area (Å²) in [4.78, 5) is 26.3. The maximum absolute atomic E-state index is 12.5. The third-order valence-corrected chi connectivity index (χ3v) is 5.78. The Balaban J connectivity index is 2.00. The van der Waals surface area contributed by atoms with Gasteiger partial charge in [0.15, 0.2) is 0 Å². The van der Waals surface area contributed by atoms with E-state index in [1.54, 1.807) is 0 Å². The van der Waals surface area contributed by atoms with Crippen LogP contribution in [-0.4, -0.2) is 26.7 Å². The highest BCUT2D eigenvalue weighted by Gasteiger charge is 2.36. The van der Waals surface area contributed by atoms with Crippen LogP contribution in [0.25, 0.3) is 11.8 Å². The molecule has 0 saturated carbocycles. The van der Waals surface area contributed by atoms with Gasteiger partial charge in [0.1, 0.15) is 0 Å². The highest BCUT2D eigenvalue weighted by molar-refractivity contribution is 14.1. The number of amides is 2. The third kappa shape index (κ3) is 3.42. The van der Waals surface area contributed by atoms with Gasteiger partial charge in [-0.05, 0) is 104 Å². The van der Waals surface area contributed by atoms with Crippen LogP contribution in [0.4, 0.5) is 4.79 Å². The van der Waals surface area contributed by atoms with Crippen LogP contribution in [0, 0.1) is 17.4 Å². The first kappa shape index (κ1) is 18.3. The van der Waals surface area contributed by atoms with Crippen molar-refractivity contribution < 1.29 is 9.59 Å². The number of aryl methyl sites for hydroxylation is 1. The summed E-state index contributed by atoms with van der Waals surface area (Å²) in [7, 11) is 0. The number of imide groups is 1. The Hall–Kier alpha value is -1.54. The summed E-state index contributed by atoms with van der Waals surface area (Å²) >= 11 is 3.30. The molecule has 1 aliphatic heterocycles. The summed E-state index contributed by atoms with van der Waals surface area (Å²) in [6.07, 6.45) is 1.83. The van der Waals surface area contributed by atoms with Crippen molar-refractivity contribution in [2.45, 2.75) is 33.7 Å². The normalized spacial score (nSPS) is 16.6. The van der Waals surface area contributed by atoms with Gasteiger partial charge in [0.05, 0.1) is 4.91 Å². The molecular formula is C19H19IN2O2S. The number of hydrogen-bond donors (Lipinski definition) is 0. The van der Waals surface area contributed by atoms with Gasteiger partial charge in [0, 0.05) is 26.7 Å². The molecule has 0 atom stereocenters. The van der Waals surface area contributed by atoms with Gasteiger partial charge in [-0.25, -0.2) is 0 Å². The van der Waals surface area contributed by atoms with Gasteiger partial charge < -0.3 is 4.57 Å². The van der Waals surface area contributed by atoms with Crippen LogP contribution in [0.1, 0.15) is 30.8 Å². The van der Waals surface area contributed by atoms with E-state index in [-0.39, 0.29) is 17.2 Å². The van der Waals surface area contributed by atoms with Crippen molar-refractivity contribution in [3.63, 3.8) is 0 Å². The highest BCUT2D eigenvalue weighted by Crippen LogP contribution is 2.34. The Morgan fingerprint density at radius 2 is 1.76 bits per heavy atom. The second-order valence-electron chi connectivity index (χ2n) is 6.28. The Bertz CT molecular complexity index is 882. The van der Waals surface area contributed by atoms with Crippen molar-refractivity contribution in [1.82, 2.24) is 9.47 Å². The van der Waals surface area contributed by atoms with Gasteiger partial charge in [-0.1, -0.05) is 0 Å². The summed E-state index contributed by atoms with van der Waals surface area (Å²) in [6.45, 7) is 7.77. The zero-order valence-electron chi connectivity index (χ0n) is 14.5. The van der Waals surface area contributed by atoms with Crippen LogP contribution in [0.3, 0.4) is 0 Å². The Morgan fingerprint density at radius 1 is 1.12 bits per heavy atom. The molecule has 0 bridgehead atoms. The average molecular weight is 466 g/mol. The summed E-state index contributed by atoms with van der Waals surface area (Å²) in [5.74, 6) is -0.205. The van der Waals surface area contributed by atoms with Crippen LogP contribution in [0.2, 0.25) is 0 Å². The number of carbonyl (C=O) groups is 2. The molecule has 0 unspecified atom stereocenters. The van der Waals surface area contributed by atoms with Gasteiger partial charge in [0.25, 0.3) is 11.1 Å². The fourth-order valence-electron chi connectivity index (χ4n) is 2.99. The number of benzene rings is 1. The minimum Gasteiger partial charge on any atom is -0.318 e. The summed E-state index contributed by atoms with van der Waals surface area (Å²) in [6, 6.07) is 10.2. The summed E-state index contributed by atoms with van der Waals surface area (Å²) in [5, 5.41) is -0.197. The molecule has 0 N–H and O–H groups in total. The van der Waals surface area contributed by atoms with Crippen molar-refractivity contribution in [3.05, 3.63) is 55.8 Å². The topological polar surface area (TPSA) is 42.3 Å². The van der Waals surface area contributed by atoms with E-state index in [0.717, 1.165) is 34.4 Å². The summed E-state index contributed by atoms with van der Waals surface area (Å²) < 4.78 is 3.35. The van der Waals surface area contributed by atoms with Gasteiger partial charge in [-0.15, -0.1) is 0 Å². The van der Waals surface area contributed by atoms with Gasteiger partial charge in [0.2, 0.25) is 0 Å². The number of hydrogen-bond acceptors (Lipinski definition) is 3. The maximum atomic E-state index is 12.5. The van der Waals surface area contributed by atoms with E-state index < -0.39 is 0 Å². The van der Waals surface area contributed by atoms with E-state index in [1.807, 2.05) is 33.8 Å². The van der Waals surface area contributed by atoms with Crippen molar-refractivity contribution in [1.29, 1.82) is 0 Å². The molecule has 3 rings (SSSR count). The van der Waals surface area contributed by atoms with Crippen molar-refractivity contribution >= 4 is 51.6 Å². The molecule has 6 heteroatoms. The van der Waals surface area contributed by atoms with E-state index in [2.05, 4.69) is 57.5 Å². The molecule has 130 valence electrons. The van der Waals surface area contributed by atoms with E-state index >= 15 is 0 Å². The Kier molecular flexibility index (Phi) is 5.11. The predicted octanol–water partition coefficient (Wildman–Crippen LogP) is 5.14. The summed E-state index contributed by atoms with van der Waals surface area (Å²) in [5.41, 5.74) is 4.19. The third-order valence-electron chi connectivity index (χ3n) is 4.18. The molecule has 2 aromatic rings. The number of aromatic nitrogens is 1. The first-order valence-electron chi connectivity index (χ1n) is 8.01. The van der Waals surface area contributed by atoms with E-state index in [4.69, 9.17) is 0 Å². The van der Waals surface area contributed by atoms with Crippen LogP contribution < -0.4 is 0 Å². The zero-order chi connectivity index (χ0) is 18.3. The van der Waals surface area contributed by atoms with Crippen molar-refractivity contribution in [2.75, 3.05) is 0 Å². The Morgan fingerprint density at radius 3 is 2.32 bits per heavy atom. The van der Waals surface area contributed by atoms with E-state index in [0.29, 0.717) is 4.91 Å². The molecule has 1 aromatic heterocycles.